The van der Waals surface area contributed by atoms with Crippen LogP contribution < -0.4 is 9.46 Å². The molecule has 0 aliphatic rings. The number of nitrogens with one attached hydrogen (secondary N) is 1. The molecule has 3 N–H and O–H groups in total. The van der Waals surface area contributed by atoms with Crippen molar-refractivity contribution in [1.29, 1.82) is 0 Å². The quantitative estimate of drug-likeness (QED) is 0.363. The van der Waals surface area contributed by atoms with Crippen molar-refractivity contribution >= 4 is 18.3 Å². The van der Waals surface area contributed by atoms with Crippen LogP contribution in [0.4, 0.5) is 4.39 Å². The van der Waals surface area contributed by atoms with E-state index in [4.69, 9.17) is 9.16 Å². The average molecular weight is 514 g/mol. The van der Waals surface area contributed by atoms with Crippen LogP contribution in [0.2, 0.25) is 18.1 Å². The molecule has 2 rings (SSSR count). The van der Waals surface area contributed by atoms with Gasteiger partial charge in [-0.3, -0.25) is 0 Å². The first-order valence-electron chi connectivity index (χ1n) is 11.2. The van der Waals surface area contributed by atoms with E-state index >= 15 is 0 Å². The molecular formula is C24H36FNO6SSi. The standard InChI is InChI=1S/C24H36FNO6SSi/c1-23(2,3)34(4,5)31-18-24(17-28,15-6-16-27)26-33(29,30)22-13-11-21(12-14-22)32-20-9-7-19(25)8-10-20/h7-14,26-28H,6,15-18H2,1-5H3/t24-/m1/s1. The second-order valence-electron chi connectivity index (χ2n) is 9.95. The van der Waals surface area contributed by atoms with Crippen molar-refractivity contribution in [3.8, 4) is 11.5 Å². The molecule has 34 heavy (non-hydrogen) atoms. The van der Waals surface area contributed by atoms with Crippen LogP contribution in [0, 0.1) is 5.82 Å². The van der Waals surface area contributed by atoms with Gasteiger partial charge in [0.05, 0.1) is 23.6 Å². The largest absolute Gasteiger partial charge is 0.457 e. The van der Waals surface area contributed by atoms with Gasteiger partial charge in [-0.05, 0) is 79.5 Å². The summed E-state index contributed by atoms with van der Waals surface area (Å²) in [5.74, 6) is 0.424. The van der Waals surface area contributed by atoms with E-state index in [1.54, 1.807) is 0 Å². The highest BCUT2D eigenvalue weighted by atomic mass is 32.2. The Hall–Kier alpha value is -1.82. The van der Waals surface area contributed by atoms with Crippen molar-refractivity contribution in [2.45, 2.75) is 62.2 Å². The van der Waals surface area contributed by atoms with Gasteiger partial charge < -0.3 is 19.4 Å². The van der Waals surface area contributed by atoms with Gasteiger partial charge in [0.2, 0.25) is 10.0 Å². The minimum absolute atomic E-state index is 0.00638. The van der Waals surface area contributed by atoms with Gasteiger partial charge in [0, 0.05) is 6.61 Å². The molecule has 190 valence electrons. The van der Waals surface area contributed by atoms with Gasteiger partial charge in [0.15, 0.2) is 8.32 Å². The predicted octanol–water partition coefficient (Wildman–Crippen LogP) is 4.42. The van der Waals surface area contributed by atoms with E-state index in [0.29, 0.717) is 17.9 Å². The second kappa shape index (κ2) is 11.3. The Kier molecular flexibility index (Phi) is 9.42. The zero-order valence-corrected chi connectivity index (χ0v) is 22.3. The summed E-state index contributed by atoms with van der Waals surface area (Å²) in [6.45, 7) is 9.70. The Bertz CT molecular complexity index is 1020. The van der Waals surface area contributed by atoms with Crippen LogP contribution in [-0.4, -0.2) is 52.3 Å². The van der Waals surface area contributed by atoms with E-state index in [0.717, 1.165) is 0 Å². The lowest BCUT2D eigenvalue weighted by molar-refractivity contribution is 0.0989. The first-order chi connectivity index (χ1) is 15.7. The number of ether oxygens (including phenoxy) is 1. The third-order valence-electron chi connectivity index (χ3n) is 6.17. The summed E-state index contributed by atoms with van der Waals surface area (Å²) in [5.41, 5.74) is -1.28. The van der Waals surface area contributed by atoms with E-state index in [2.05, 4.69) is 38.6 Å². The molecule has 0 fully saturated rings. The summed E-state index contributed by atoms with van der Waals surface area (Å²) in [6, 6.07) is 11.3. The lowest BCUT2D eigenvalue weighted by Gasteiger charge is -2.41. The maximum absolute atomic E-state index is 13.2. The van der Waals surface area contributed by atoms with Gasteiger partial charge >= 0.3 is 0 Å². The Morgan fingerprint density at radius 1 is 0.971 bits per heavy atom. The van der Waals surface area contributed by atoms with Crippen LogP contribution in [0.15, 0.2) is 53.4 Å². The first-order valence-corrected chi connectivity index (χ1v) is 15.6. The minimum Gasteiger partial charge on any atom is -0.457 e. The number of benzene rings is 2. The SMILES string of the molecule is CC(C)(C)[Si](C)(C)OC[C@](CO)(CCCO)NS(=O)(=O)c1ccc(Oc2ccc(F)cc2)cc1. The lowest BCUT2D eigenvalue weighted by Crippen LogP contribution is -2.57. The van der Waals surface area contributed by atoms with Crippen LogP contribution in [0.25, 0.3) is 0 Å². The predicted molar refractivity (Wildman–Crippen MR) is 133 cm³/mol. The number of sulfonamides is 1. The molecule has 0 heterocycles. The summed E-state index contributed by atoms with van der Waals surface area (Å²) in [7, 11) is -6.24. The molecule has 2 aromatic rings. The molecule has 10 heteroatoms. The van der Waals surface area contributed by atoms with Crippen LogP contribution in [-0.2, 0) is 14.4 Å². The van der Waals surface area contributed by atoms with Crippen molar-refractivity contribution in [3.63, 3.8) is 0 Å². The Labute approximate surface area is 203 Å². The molecule has 0 spiro atoms. The highest BCUT2D eigenvalue weighted by Crippen LogP contribution is 2.37. The number of aliphatic hydroxyl groups is 2. The van der Waals surface area contributed by atoms with Crippen molar-refractivity contribution < 1.29 is 32.2 Å². The molecule has 0 saturated carbocycles. The van der Waals surface area contributed by atoms with Gasteiger partial charge in [-0.25, -0.2) is 17.5 Å². The van der Waals surface area contributed by atoms with E-state index in [9.17, 15) is 23.0 Å². The molecular weight excluding hydrogens is 477 g/mol. The maximum atomic E-state index is 13.2. The van der Waals surface area contributed by atoms with Gasteiger partial charge in [0.1, 0.15) is 17.3 Å². The number of rotatable bonds is 12. The molecule has 0 amide bonds. The van der Waals surface area contributed by atoms with Crippen LogP contribution in [0.5, 0.6) is 11.5 Å². The molecule has 0 saturated heterocycles. The Morgan fingerprint density at radius 3 is 1.97 bits per heavy atom. The zero-order chi connectivity index (χ0) is 25.6. The highest BCUT2D eigenvalue weighted by Gasteiger charge is 2.42. The molecule has 0 unspecified atom stereocenters. The fraction of sp³-hybridized carbons (Fsp3) is 0.500. The molecule has 1 atom stereocenters. The monoisotopic (exact) mass is 513 g/mol. The van der Waals surface area contributed by atoms with Crippen molar-refractivity contribution in [2.75, 3.05) is 19.8 Å². The number of hydrogen-bond acceptors (Lipinski definition) is 6. The first kappa shape index (κ1) is 28.4. The molecule has 2 aromatic carbocycles. The summed E-state index contributed by atoms with van der Waals surface area (Å²) < 4.78 is 53.9. The van der Waals surface area contributed by atoms with Gasteiger partial charge in [0.25, 0.3) is 0 Å². The summed E-state index contributed by atoms with van der Waals surface area (Å²) in [6.07, 6.45) is 0.508. The smallest absolute Gasteiger partial charge is 0.241 e. The molecule has 0 aliphatic carbocycles. The van der Waals surface area contributed by atoms with Crippen LogP contribution in [0.1, 0.15) is 33.6 Å². The summed E-state index contributed by atoms with van der Waals surface area (Å²) in [5, 5.41) is 19.5. The number of hydrogen-bond donors (Lipinski definition) is 3. The second-order valence-corrected chi connectivity index (χ2v) is 16.4. The van der Waals surface area contributed by atoms with E-state index in [1.165, 1.54) is 48.5 Å². The van der Waals surface area contributed by atoms with Gasteiger partial charge in [-0.1, -0.05) is 20.8 Å². The zero-order valence-electron chi connectivity index (χ0n) is 20.5. The van der Waals surface area contributed by atoms with E-state index < -0.39 is 30.5 Å². The average Bonchev–Trinajstić information content (AvgIpc) is 2.77. The molecule has 0 bridgehead atoms. The lowest BCUT2D eigenvalue weighted by atomic mass is 9.97. The summed E-state index contributed by atoms with van der Waals surface area (Å²) >= 11 is 0. The topological polar surface area (TPSA) is 105 Å². The van der Waals surface area contributed by atoms with E-state index in [1.807, 2.05) is 0 Å². The Morgan fingerprint density at radius 2 is 1.50 bits per heavy atom. The fourth-order valence-corrected chi connectivity index (χ4v) is 5.41. The fourth-order valence-electron chi connectivity index (χ4n) is 2.93. The third-order valence-corrected chi connectivity index (χ3v) is 12.2. The van der Waals surface area contributed by atoms with Crippen molar-refractivity contribution in [2.24, 2.45) is 0 Å². The molecule has 7 nitrogen and oxygen atoms in total. The normalized spacial score (nSPS) is 14.6. The van der Waals surface area contributed by atoms with Crippen LogP contribution in [0.3, 0.4) is 0 Å². The number of aliphatic hydroxyl groups excluding tert-OH is 2. The van der Waals surface area contributed by atoms with E-state index in [-0.39, 0.29) is 35.4 Å². The van der Waals surface area contributed by atoms with Crippen LogP contribution >= 0.6 is 0 Å². The molecule has 0 aliphatic heterocycles. The van der Waals surface area contributed by atoms with Gasteiger partial charge in [-0.2, -0.15) is 0 Å². The van der Waals surface area contributed by atoms with Gasteiger partial charge in [-0.15, -0.1) is 0 Å². The van der Waals surface area contributed by atoms with Crippen molar-refractivity contribution in [1.82, 2.24) is 4.72 Å². The maximum Gasteiger partial charge on any atom is 0.241 e. The molecule has 0 aromatic heterocycles. The minimum atomic E-state index is -4.02. The molecule has 0 radical (unpaired) electrons. The summed E-state index contributed by atoms with van der Waals surface area (Å²) in [4.78, 5) is -0.00638. The Balaban J connectivity index is 2.22. The highest BCUT2D eigenvalue weighted by molar-refractivity contribution is 7.89. The van der Waals surface area contributed by atoms with Crippen molar-refractivity contribution in [3.05, 3.63) is 54.3 Å². The third kappa shape index (κ3) is 7.59. The number of halogens is 1.